The first-order valence-electron chi connectivity index (χ1n) is 8.77. The van der Waals surface area contributed by atoms with E-state index in [1.165, 1.54) is 6.92 Å². The van der Waals surface area contributed by atoms with E-state index in [1.807, 2.05) is 30.3 Å². The molecule has 0 spiro atoms. The smallest absolute Gasteiger partial charge is 0.327 e. The van der Waals surface area contributed by atoms with Crippen LogP contribution in [0.2, 0.25) is 0 Å². The summed E-state index contributed by atoms with van der Waals surface area (Å²) in [4.78, 5) is 36.0. The molecule has 3 amide bonds. The average Bonchev–Trinajstić information content (AvgIpc) is 2.64. The van der Waals surface area contributed by atoms with Gasteiger partial charge in [-0.2, -0.15) is 4.98 Å². The number of hydrogen-bond donors (Lipinski definition) is 4. The van der Waals surface area contributed by atoms with Crippen LogP contribution in [0.5, 0.6) is 0 Å². The predicted molar refractivity (Wildman–Crippen MR) is 108 cm³/mol. The zero-order valence-electron chi connectivity index (χ0n) is 15.6. The van der Waals surface area contributed by atoms with E-state index < -0.39 is 6.03 Å². The number of rotatable bonds is 6. The van der Waals surface area contributed by atoms with Crippen LogP contribution < -0.4 is 21.3 Å². The number of aryl methyl sites for hydroxylation is 1. The van der Waals surface area contributed by atoms with Crippen molar-refractivity contribution in [1.82, 2.24) is 20.3 Å². The Balaban J connectivity index is 1.61. The zero-order chi connectivity index (χ0) is 19.9. The van der Waals surface area contributed by atoms with Gasteiger partial charge in [-0.25, -0.2) is 14.8 Å². The number of urea groups is 1. The highest BCUT2D eigenvalue weighted by Gasteiger charge is 2.08. The van der Waals surface area contributed by atoms with E-state index in [-0.39, 0.29) is 11.9 Å². The molecule has 28 heavy (non-hydrogen) atoms. The zero-order valence-corrected chi connectivity index (χ0v) is 15.6. The SMILES string of the molecule is CC(=O)NCCNc1cc(C)nc(NC(=O)Nc2ccc3ccccc3n2)n1. The first-order valence-corrected chi connectivity index (χ1v) is 8.77. The third-order valence-electron chi connectivity index (χ3n) is 3.72. The fourth-order valence-electron chi connectivity index (χ4n) is 2.53. The van der Waals surface area contributed by atoms with Crippen molar-refractivity contribution in [3.8, 4) is 0 Å². The van der Waals surface area contributed by atoms with Crippen LogP contribution in [-0.2, 0) is 4.79 Å². The molecule has 0 aliphatic carbocycles. The topological polar surface area (TPSA) is 121 Å². The molecule has 0 aliphatic heterocycles. The lowest BCUT2D eigenvalue weighted by Gasteiger charge is -2.10. The monoisotopic (exact) mass is 379 g/mol. The Hall–Kier alpha value is -3.75. The predicted octanol–water partition coefficient (Wildman–Crippen LogP) is 2.53. The van der Waals surface area contributed by atoms with Crippen molar-refractivity contribution >= 4 is 40.4 Å². The summed E-state index contributed by atoms with van der Waals surface area (Å²) in [5, 5.41) is 12.0. The maximum Gasteiger partial charge on any atom is 0.327 e. The summed E-state index contributed by atoms with van der Waals surface area (Å²) >= 11 is 0. The number of pyridine rings is 1. The maximum absolute atomic E-state index is 12.3. The Bertz CT molecular complexity index is 1010. The molecular formula is C19H21N7O2. The summed E-state index contributed by atoms with van der Waals surface area (Å²) in [6.07, 6.45) is 0. The molecule has 0 fully saturated rings. The number of anilines is 3. The lowest BCUT2D eigenvalue weighted by atomic mass is 10.2. The lowest BCUT2D eigenvalue weighted by molar-refractivity contribution is -0.118. The van der Waals surface area contributed by atoms with E-state index in [1.54, 1.807) is 19.1 Å². The highest BCUT2D eigenvalue weighted by Crippen LogP contribution is 2.15. The Morgan fingerprint density at radius 3 is 2.57 bits per heavy atom. The van der Waals surface area contributed by atoms with Crippen LogP contribution in [0.4, 0.5) is 22.4 Å². The highest BCUT2D eigenvalue weighted by molar-refractivity contribution is 5.98. The van der Waals surface area contributed by atoms with Gasteiger partial charge in [0.05, 0.1) is 5.52 Å². The number of aromatic nitrogens is 3. The van der Waals surface area contributed by atoms with Gasteiger partial charge in [0.2, 0.25) is 11.9 Å². The Labute approximate surface area is 162 Å². The van der Waals surface area contributed by atoms with Gasteiger partial charge >= 0.3 is 6.03 Å². The van der Waals surface area contributed by atoms with Crippen LogP contribution in [0, 0.1) is 6.92 Å². The van der Waals surface area contributed by atoms with E-state index in [9.17, 15) is 9.59 Å². The second kappa shape index (κ2) is 8.76. The largest absolute Gasteiger partial charge is 0.368 e. The minimum atomic E-state index is -0.488. The van der Waals surface area contributed by atoms with Gasteiger partial charge in [0.1, 0.15) is 11.6 Å². The highest BCUT2D eigenvalue weighted by atomic mass is 16.2. The molecule has 3 rings (SSSR count). The molecule has 3 aromatic rings. The van der Waals surface area contributed by atoms with E-state index in [0.29, 0.717) is 30.4 Å². The Morgan fingerprint density at radius 1 is 0.929 bits per heavy atom. The number of benzene rings is 1. The average molecular weight is 379 g/mol. The summed E-state index contributed by atoms with van der Waals surface area (Å²) in [6, 6.07) is 12.5. The summed E-state index contributed by atoms with van der Waals surface area (Å²) in [6.45, 7) is 4.23. The third-order valence-corrected chi connectivity index (χ3v) is 3.72. The van der Waals surface area contributed by atoms with Gasteiger partial charge in [-0.05, 0) is 25.1 Å². The van der Waals surface area contributed by atoms with Crippen LogP contribution in [0.1, 0.15) is 12.6 Å². The second-order valence-electron chi connectivity index (χ2n) is 6.10. The van der Waals surface area contributed by atoms with Crippen molar-refractivity contribution in [3.63, 3.8) is 0 Å². The van der Waals surface area contributed by atoms with E-state index in [2.05, 4.69) is 36.2 Å². The van der Waals surface area contributed by atoms with Crippen LogP contribution in [-0.4, -0.2) is 40.0 Å². The molecule has 0 saturated carbocycles. The van der Waals surface area contributed by atoms with Crippen molar-refractivity contribution in [2.45, 2.75) is 13.8 Å². The van der Waals surface area contributed by atoms with Crippen molar-refractivity contribution in [2.75, 3.05) is 29.0 Å². The van der Waals surface area contributed by atoms with Gasteiger partial charge in [0.15, 0.2) is 0 Å². The van der Waals surface area contributed by atoms with Crippen LogP contribution in [0.25, 0.3) is 10.9 Å². The van der Waals surface area contributed by atoms with Crippen molar-refractivity contribution in [2.24, 2.45) is 0 Å². The quantitative estimate of drug-likeness (QED) is 0.488. The molecule has 2 heterocycles. The first-order chi connectivity index (χ1) is 13.5. The number of nitrogens with one attached hydrogen (secondary N) is 4. The van der Waals surface area contributed by atoms with Gasteiger partial charge in [0, 0.05) is 37.2 Å². The summed E-state index contributed by atoms with van der Waals surface area (Å²) in [5.74, 6) is 1.05. The molecule has 0 aliphatic rings. The molecule has 0 atom stereocenters. The fourth-order valence-corrected chi connectivity index (χ4v) is 2.53. The number of hydrogen-bond acceptors (Lipinski definition) is 6. The van der Waals surface area contributed by atoms with Gasteiger partial charge in [0.25, 0.3) is 0 Å². The number of fused-ring (bicyclic) bond motifs is 1. The van der Waals surface area contributed by atoms with Gasteiger partial charge in [-0.1, -0.05) is 18.2 Å². The molecule has 0 unspecified atom stereocenters. The van der Waals surface area contributed by atoms with Crippen molar-refractivity contribution in [1.29, 1.82) is 0 Å². The van der Waals surface area contributed by atoms with E-state index in [4.69, 9.17) is 0 Å². The number of para-hydroxylation sites is 1. The number of nitrogens with zero attached hydrogens (tertiary/aromatic N) is 3. The minimum Gasteiger partial charge on any atom is -0.368 e. The lowest BCUT2D eigenvalue weighted by Crippen LogP contribution is -2.26. The standard InChI is InChI=1S/C19H21N7O2/c1-12-11-17(21-10-9-20-13(2)27)24-18(22-12)26-19(28)25-16-8-7-14-5-3-4-6-15(14)23-16/h3-8,11H,9-10H2,1-2H3,(H,20,27)(H3,21,22,23,24,25,26,28). The number of amides is 3. The Kier molecular flexibility index (Phi) is 5.95. The first kappa shape index (κ1) is 19.0. The second-order valence-corrected chi connectivity index (χ2v) is 6.10. The van der Waals surface area contributed by atoms with E-state index in [0.717, 1.165) is 10.9 Å². The van der Waals surface area contributed by atoms with E-state index >= 15 is 0 Å². The van der Waals surface area contributed by atoms with Crippen LogP contribution in [0.3, 0.4) is 0 Å². The maximum atomic E-state index is 12.3. The summed E-state index contributed by atoms with van der Waals surface area (Å²) < 4.78 is 0. The molecule has 4 N–H and O–H groups in total. The fraction of sp³-hybridized carbons (Fsp3) is 0.211. The van der Waals surface area contributed by atoms with Crippen LogP contribution >= 0.6 is 0 Å². The molecule has 0 saturated heterocycles. The molecule has 9 heteroatoms. The van der Waals surface area contributed by atoms with Crippen LogP contribution in [0.15, 0.2) is 42.5 Å². The van der Waals surface area contributed by atoms with Gasteiger partial charge in [-0.3, -0.25) is 15.4 Å². The third kappa shape index (κ3) is 5.37. The normalized spacial score (nSPS) is 10.4. The Morgan fingerprint density at radius 2 is 1.75 bits per heavy atom. The molecule has 9 nitrogen and oxygen atoms in total. The molecule has 1 aromatic carbocycles. The number of carbonyl (C=O) groups excluding carboxylic acids is 2. The van der Waals surface area contributed by atoms with Gasteiger partial charge < -0.3 is 10.6 Å². The number of carbonyl (C=O) groups is 2. The summed E-state index contributed by atoms with van der Waals surface area (Å²) in [5.41, 5.74) is 1.48. The molecular weight excluding hydrogens is 358 g/mol. The van der Waals surface area contributed by atoms with Gasteiger partial charge in [-0.15, -0.1) is 0 Å². The molecule has 144 valence electrons. The van der Waals surface area contributed by atoms with Crippen molar-refractivity contribution in [3.05, 3.63) is 48.2 Å². The van der Waals surface area contributed by atoms with Crippen molar-refractivity contribution < 1.29 is 9.59 Å². The molecule has 0 bridgehead atoms. The molecule has 0 radical (unpaired) electrons. The summed E-state index contributed by atoms with van der Waals surface area (Å²) in [7, 11) is 0. The minimum absolute atomic E-state index is 0.0954. The molecule has 2 aromatic heterocycles.